The summed E-state index contributed by atoms with van der Waals surface area (Å²) in [5, 5.41) is 9.47. The van der Waals surface area contributed by atoms with E-state index in [1.807, 2.05) is 18.2 Å². The van der Waals surface area contributed by atoms with Gasteiger partial charge in [0.2, 0.25) is 0 Å². The summed E-state index contributed by atoms with van der Waals surface area (Å²) in [6.45, 7) is 4.40. The molecule has 3 aromatic heterocycles. The standard InChI is InChI=1S/C19H24N6OS.HI/c1-3-20-19(25(2)13-10-15-7-6-14-27-15)22-12-9-17-23-18(26-24-17)16-8-4-5-11-21-16;/h4-8,11,14H,3,9-10,12-13H2,1-2H3,(H,20,22);1H. The molecule has 0 bridgehead atoms. The van der Waals surface area contributed by atoms with Gasteiger partial charge in [0, 0.05) is 44.2 Å². The molecular weight excluding hydrogens is 487 g/mol. The van der Waals surface area contributed by atoms with E-state index < -0.39 is 0 Å². The van der Waals surface area contributed by atoms with Gasteiger partial charge in [0.25, 0.3) is 5.89 Å². The predicted octanol–water partition coefficient (Wildman–Crippen LogP) is 3.49. The first kappa shape index (κ1) is 22.3. The maximum absolute atomic E-state index is 5.29. The quantitative estimate of drug-likeness (QED) is 0.283. The van der Waals surface area contributed by atoms with Crippen molar-refractivity contribution in [3.8, 4) is 11.6 Å². The van der Waals surface area contributed by atoms with Crippen molar-refractivity contribution in [2.75, 3.05) is 26.7 Å². The molecule has 0 amide bonds. The van der Waals surface area contributed by atoms with Crippen molar-refractivity contribution in [2.45, 2.75) is 19.8 Å². The van der Waals surface area contributed by atoms with Crippen LogP contribution in [0.25, 0.3) is 11.6 Å². The monoisotopic (exact) mass is 512 g/mol. The zero-order valence-electron chi connectivity index (χ0n) is 16.0. The third-order valence-corrected chi connectivity index (χ3v) is 4.86. The molecular formula is C19H25IN6OS. The number of nitrogens with zero attached hydrogens (tertiary/aromatic N) is 5. The third kappa shape index (κ3) is 6.55. The van der Waals surface area contributed by atoms with E-state index in [1.54, 1.807) is 17.5 Å². The number of guanidine groups is 1. The summed E-state index contributed by atoms with van der Waals surface area (Å²) in [6, 6.07) is 9.85. The molecule has 0 unspecified atom stereocenters. The maximum Gasteiger partial charge on any atom is 0.276 e. The van der Waals surface area contributed by atoms with Crippen LogP contribution < -0.4 is 5.32 Å². The number of rotatable bonds is 8. The Kier molecular flexibility index (Phi) is 9.35. The molecule has 150 valence electrons. The van der Waals surface area contributed by atoms with E-state index in [1.165, 1.54) is 4.88 Å². The minimum Gasteiger partial charge on any atom is -0.357 e. The number of aliphatic imine (C=N–C) groups is 1. The van der Waals surface area contributed by atoms with Crippen molar-refractivity contribution in [2.24, 2.45) is 4.99 Å². The number of likely N-dealkylation sites (N-methyl/N-ethyl adjacent to an activating group) is 1. The first-order valence-corrected chi connectivity index (χ1v) is 9.90. The summed E-state index contributed by atoms with van der Waals surface area (Å²) < 4.78 is 5.29. The fraction of sp³-hybridized carbons (Fsp3) is 0.368. The van der Waals surface area contributed by atoms with Gasteiger partial charge in [-0.1, -0.05) is 17.3 Å². The van der Waals surface area contributed by atoms with Gasteiger partial charge in [0.1, 0.15) is 5.69 Å². The summed E-state index contributed by atoms with van der Waals surface area (Å²) in [7, 11) is 2.06. The number of pyridine rings is 1. The van der Waals surface area contributed by atoms with Gasteiger partial charge in [-0.2, -0.15) is 4.98 Å². The number of hydrogen-bond donors (Lipinski definition) is 1. The minimum absolute atomic E-state index is 0. The van der Waals surface area contributed by atoms with E-state index in [2.05, 4.69) is 61.8 Å². The van der Waals surface area contributed by atoms with E-state index in [-0.39, 0.29) is 24.0 Å². The SMILES string of the molecule is CCNC(=NCCc1noc(-c2ccccn2)n1)N(C)CCc1cccs1.I. The number of nitrogens with one attached hydrogen (secondary N) is 1. The van der Waals surface area contributed by atoms with Gasteiger partial charge in [0.15, 0.2) is 11.8 Å². The van der Waals surface area contributed by atoms with Crippen LogP contribution in [0.2, 0.25) is 0 Å². The second-order valence-electron chi connectivity index (χ2n) is 5.97. The van der Waals surface area contributed by atoms with Gasteiger partial charge in [-0.3, -0.25) is 9.98 Å². The molecule has 3 rings (SSSR count). The molecule has 3 heterocycles. The Balaban J connectivity index is 0.00000280. The molecule has 0 atom stereocenters. The van der Waals surface area contributed by atoms with Gasteiger partial charge in [-0.25, -0.2) is 0 Å². The molecule has 3 aromatic rings. The lowest BCUT2D eigenvalue weighted by Gasteiger charge is -2.21. The van der Waals surface area contributed by atoms with Crippen LogP contribution in [0.3, 0.4) is 0 Å². The highest BCUT2D eigenvalue weighted by molar-refractivity contribution is 14.0. The average Bonchev–Trinajstić information content (AvgIpc) is 3.38. The number of aromatic nitrogens is 3. The van der Waals surface area contributed by atoms with Crippen LogP contribution in [0.15, 0.2) is 51.4 Å². The first-order valence-electron chi connectivity index (χ1n) is 9.02. The van der Waals surface area contributed by atoms with Gasteiger partial charge in [-0.15, -0.1) is 35.3 Å². The topological polar surface area (TPSA) is 79.4 Å². The summed E-state index contributed by atoms with van der Waals surface area (Å²) >= 11 is 1.79. The van der Waals surface area contributed by atoms with Gasteiger partial charge < -0.3 is 14.7 Å². The van der Waals surface area contributed by atoms with E-state index in [0.29, 0.717) is 30.4 Å². The Hall–Kier alpha value is -2.01. The molecule has 1 N–H and O–H groups in total. The van der Waals surface area contributed by atoms with Gasteiger partial charge in [-0.05, 0) is 36.9 Å². The highest BCUT2D eigenvalue weighted by Gasteiger charge is 2.10. The summed E-state index contributed by atoms with van der Waals surface area (Å²) in [6.07, 6.45) is 3.33. The van der Waals surface area contributed by atoms with Crippen LogP contribution in [-0.2, 0) is 12.8 Å². The lowest BCUT2D eigenvalue weighted by atomic mass is 10.3. The molecule has 0 saturated heterocycles. The Bertz CT molecular complexity index is 837. The van der Waals surface area contributed by atoms with Crippen LogP contribution in [0.4, 0.5) is 0 Å². The average molecular weight is 512 g/mol. The number of thiophene rings is 1. The summed E-state index contributed by atoms with van der Waals surface area (Å²) in [5.41, 5.74) is 0.682. The van der Waals surface area contributed by atoms with Crippen LogP contribution >= 0.6 is 35.3 Å². The van der Waals surface area contributed by atoms with Crippen LogP contribution in [0, 0.1) is 0 Å². The number of hydrogen-bond acceptors (Lipinski definition) is 6. The van der Waals surface area contributed by atoms with Crippen LogP contribution in [0.5, 0.6) is 0 Å². The lowest BCUT2D eigenvalue weighted by Crippen LogP contribution is -2.40. The molecule has 7 nitrogen and oxygen atoms in total. The molecule has 9 heteroatoms. The highest BCUT2D eigenvalue weighted by Crippen LogP contribution is 2.13. The zero-order chi connectivity index (χ0) is 18.9. The van der Waals surface area contributed by atoms with Crippen molar-refractivity contribution >= 4 is 41.3 Å². The molecule has 0 aliphatic carbocycles. The zero-order valence-corrected chi connectivity index (χ0v) is 19.2. The molecule has 0 aliphatic rings. The van der Waals surface area contributed by atoms with Crippen molar-refractivity contribution in [3.63, 3.8) is 0 Å². The van der Waals surface area contributed by atoms with E-state index in [4.69, 9.17) is 4.52 Å². The van der Waals surface area contributed by atoms with Crippen LogP contribution in [-0.4, -0.2) is 52.7 Å². The van der Waals surface area contributed by atoms with Crippen molar-refractivity contribution in [1.29, 1.82) is 0 Å². The molecule has 0 spiro atoms. The Labute approximate surface area is 186 Å². The first-order chi connectivity index (χ1) is 13.3. The van der Waals surface area contributed by atoms with Gasteiger partial charge >= 0.3 is 0 Å². The fourth-order valence-corrected chi connectivity index (χ4v) is 3.22. The molecule has 0 fully saturated rings. The maximum atomic E-state index is 5.29. The lowest BCUT2D eigenvalue weighted by molar-refractivity contribution is 0.421. The smallest absolute Gasteiger partial charge is 0.276 e. The van der Waals surface area contributed by atoms with E-state index in [9.17, 15) is 0 Å². The molecule has 0 aliphatic heterocycles. The third-order valence-electron chi connectivity index (χ3n) is 3.92. The summed E-state index contributed by atoms with van der Waals surface area (Å²) in [5.74, 6) is 1.97. The van der Waals surface area contributed by atoms with E-state index in [0.717, 1.165) is 25.5 Å². The molecule has 28 heavy (non-hydrogen) atoms. The highest BCUT2D eigenvalue weighted by atomic mass is 127. The van der Waals surface area contributed by atoms with Crippen molar-refractivity contribution in [3.05, 3.63) is 52.6 Å². The summed E-state index contributed by atoms with van der Waals surface area (Å²) in [4.78, 5) is 16.8. The predicted molar refractivity (Wildman–Crippen MR) is 123 cm³/mol. The molecule has 0 saturated carbocycles. The van der Waals surface area contributed by atoms with Gasteiger partial charge in [0.05, 0.1) is 0 Å². The van der Waals surface area contributed by atoms with Crippen molar-refractivity contribution < 1.29 is 4.52 Å². The largest absolute Gasteiger partial charge is 0.357 e. The Morgan fingerprint density at radius 3 is 2.86 bits per heavy atom. The Morgan fingerprint density at radius 2 is 2.14 bits per heavy atom. The normalized spacial score (nSPS) is 11.1. The van der Waals surface area contributed by atoms with Crippen molar-refractivity contribution in [1.82, 2.24) is 25.3 Å². The molecule has 0 aromatic carbocycles. The minimum atomic E-state index is 0. The van der Waals surface area contributed by atoms with Crippen LogP contribution in [0.1, 0.15) is 17.6 Å². The number of halogens is 1. The second-order valence-corrected chi connectivity index (χ2v) is 7.00. The molecule has 0 radical (unpaired) electrons. The fourth-order valence-electron chi connectivity index (χ4n) is 2.52. The Morgan fingerprint density at radius 1 is 1.25 bits per heavy atom. The van der Waals surface area contributed by atoms with E-state index >= 15 is 0 Å². The second kappa shape index (κ2) is 11.7.